The van der Waals surface area contributed by atoms with E-state index in [1.54, 1.807) is 0 Å². The summed E-state index contributed by atoms with van der Waals surface area (Å²) in [6, 6.07) is 1.52. The largest absolute Gasteiger partial charge is 0.315 e. The number of hydrogen-bond donors (Lipinski definition) is 2. The standard InChI is InChI=1S/C14H28N2/c1-11(2)13-7-3-4-8-14(13)16-12-6-5-9-15-10-12/h11-16H,3-10H2,1-2H3. The SMILES string of the molecule is CC(C)C1CCCCC1NC1CCCNC1. The van der Waals surface area contributed by atoms with Crippen molar-refractivity contribution in [1.29, 1.82) is 0 Å². The minimum Gasteiger partial charge on any atom is -0.315 e. The Kier molecular flexibility index (Phi) is 4.66. The quantitative estimate of drug-likeness (QED) is 0.770. The van der Waals surface area contributed by atoms with Crippen molar-refractivity contribution in [2.45, 2.75) is 64.5 Å². The van der Waals surface area contributed by atoms with E-state index < -0.39 is 0 Å². The molecule has 94 valence electrons. The minimum atomic E-state index is 0.734. The molecule has 1 aliphatic carbocycles. The van der Waals surface area contributed by atoms with Crippen LogP contribution in [0.15, 0.2) is 0 Å². The maximum atomic E-state index is 3.93. The van der Waals surface area contributed by atoms with Gasteiger partial charge in [0.15, 0.2) is 0 Å². The number of piperidine rings is 1. The smallest absolute Gasteiger partial charge is 0.0195 e. The van der Waals surface area contributed by atoms with Crippen LogP contribution in [0.5, 0.6) is 0 Å². The fraction of sp³-hybridized carbons (Fsp3) is 1.00. The van der Waals surface area contributed by atoms with Crippen molar-refractivity contribution >= 4 is 0 Å². The first-order valence-electron chi connectivity index (χ1n) is 7.24. The van der Waals surface area contributed by atoms with Crippen molar-refractivity contribution < 1.29 is 0 Å². The van der Waals surface area contributed by atoms with E-state index in [0.29, 0.717) is 0 Å². The van der Waals surface area contributed by atoms with E-state index in [1.807, 2.05) is 0 Å². The molecule has 1 aliphatic heterocycles. The molecule has 3 atom stereocenters. The van der Waals surface area contributed by atoms with Gasteiger partial charge in [0.1, 0.15) is 0 Å². The van der Waals surface area contributed by atoms with Gasteiger partial charge < -0.3 is 10.6 Å². The summed E-state index contributed by atoms with van der Waals surface area (Å²) in [4.78, 5) is 0. The van der Waals surface area contributed by atoms with Crippen molar-refractivity contribution in [2.24, 2.45) is 11.8 Å². The van der Waals surface area contributed by atoms with E-state index in [-0.39, 0.29) is 0 Å². The molecule has 2 rings (SSSR count). The first-order valence-corrected chi connectivity index (χ1v) is 7.24. The number of nitrogens with one attached hydrogen (secondary N) is 2. The molecule has 16 heavy (non-hydrogen) atoms. The molecule has 1 saturated carbocycles. The van der Waals surface area contributed by atoms with Crippen LogP contribution in [0.3, 0.4) is 0 Å². The summed E-state index contributed by atoms with van der Waals surface area (Å²) in [5.41, 5.74) is 0. The number of hydrogen-bond acceptors (Lipinski definition) is 2. The molecular weight excluding hydrogens is 196 g/mol. The van der Waals surface area contributed by atoms with Crippen molar-refractivity contribution in [3.63, 3.8) is 0 Å². The lowest BCUT2D eigenvalue weighted by Crippen LogP contribution is -2.51. The molecule has 0 spiro atoms. The molecule has 3 unspecified atom stereocenters. The lowest BCUT2D eigenvalue weighted by Gasteiger charge is -2.38. The highest BCUT2D eigenvalue weighted by Gasteiger charge is 2.29. The molecule has 0 aromatic heterocycles. The normalized spacial score (nSPS) is 36.6. The van der Waals surface area contributed by atoms with Gasteiger partial charge in [-0.1, -0.05) is 26.7 Å². The second-order valence-electron chi connectivity index (χ2n) is 6.01. The summed E-state index contributed by atoms with van der Waals surface area (Å²) in [6.07, 6.45) is 8.44. The first kappa shape index (κ1) is 12.4. The zero-order chi connectivity index (χ0) is 11.4. The summed E-state index contributed by atoms with van der Waals surface area (Å²) in [5.74, 6) is 1.75. The van der Waals surface area contributed by atoms with Crippen molar-refractivity contribution in [3.05, 3.63) is 0 Å². The Balaban J connectivity index is 1.85. The van der Waals surface area contributed by atoms with Crippen LogP contribution in [0.2, 0.25) is 0 Å². The van der Waals surface area contributed by atoms with Crippen molar-refractivity contribution in [2.75, 3.05) is 13.1 Å². The van der Waals surface area contributed by atoms with Crippen LogP contribution in [0, 0.1) is 11.8 Å². The lowest BCUT2D eigenvalue weighted by atomic mass is 9.77. The lowest BCUT2D eigenvalue weighted by molar-refractivity contribution is 0.183. The van der Waals surface area contributed by atoms with Gasteiger partial charge in [0.05, 0.1) is 0 Å². The third-order valence-corrected chi connectivity index (χ3v) is 4.42. The summed E-state index contributed by atoms with van der Waals surface area (Å²) >= 11 is 0. The van der Waals surface area contributed by atoms with Gasteiger partial charge in [0.2, 0.25) is 0 Å². The molecule has 0 aromatic rings. The van der Waals surface area contributed by atoms with Gasteiger partial charge >= 0.3 is 0 Å². The highest BCUT2D eigenvalue weighted by atomic mass is 15.0. The second-order valence-corrected chi connectivity index (χ2v) is 6.01. The van der Waals surface area contributed by atoms with Gasteiger partial charge in [0, 0.05) is 18.6 Å². The molecule has 2 heteroatoms. The topological polar surface area (TPSA) is 24.1 Å². The van der Waals surface area contributed by atoms with Crippen LogP contribution in [0.25, 0.3) is 0 Å². The molecule has 2 fully saturated rings. The average molecular weight is 224 g/mol. The molecule has 0 aromatic carbocycles. The fourth-order valence-electron chi connectivity index (χ4n) is 3.46. The van der Waals surface area contributed by atoms with Crippen LogP contribution < -0.4 is 10.6 Å². The molecule has 0 bridgehead atoms. The van der Waals surface area contributed by atoms with Gasteiger partial charge in [-0.3, -0.25) is 0 Å². The molecule has 1 heterocycles. The van der Waals surface area contributed by atoms with Gasteiger partial charge in [-0.15, -0.1) is 0 Å². The van der Waals surface area contributed by atoms with Crippen LogP contribution in [-0.2, 0) is 0 Å². The van der Waals surface area contributed by atoms with E-state index in [2.05, 4.69) is 24.5 Å². The Morgan fingerprint density at radius 1 is 1.06 bits per heavy atom. The molecule has 0 amide bonds. The summed E-state index contributed by atoms with van der Waals surface area (Å²) in [6.45, 7) is 7.19. The molecule has 2 nitrogen and oxygen atoms in total. The Morgan fingerprint density at radius 3 is 2.56 bits per heavy atom. The minimum absolute atomic E-state index is 0.734. The Hall–Kier alpha value is -0.0800. The van der Waals surface area contributed by atoms with E-state index in [4.69, 9.17) is 0 Å². The molecule has 2 aliphatic rings. The zero-order valence-electron chi connectivity index (χ0n) is 11.0. The molecule has 0 radical (unpaired) electrons. The van der Waals surface area contributed by atoms with Crippen LogP contribution >= 0.6 is 0 Å². The van der Waals surface area contributed by atoms with Crippen molar-refractivity contribution in [1.82, 2.24) is 10.6 Å². The second kappa shape index (κ2) is 6.02. The maximum absolute atomic E-state index is 3.93. The Labute approximate surface area is 101 Å². The van der Waals surface area contributed by atoms with Gasteiger partial charge in [-0.05, 0) is 44.1 Å². The third-order valence-electron chi connectivity index (χ3n) is 4.42. The van der Waals surface area contributed by atoms with E-state index in [0.717, 1.165) is 23.9 Å². The number of rotatable bonds is 3. The predicted molar refractivity (Wildman–Crippen MR) is 69.6 cm³/mol. The molecule has 2 N–H and O–H groups in total. The van der Waals surface area contributed by atoms with Gasteiger partial charge in [0.25, 0.3) is 0 Å². The predicted octanol–water partition coefficient (Wildman–Crippen LogP) is 2.54. The van der Waals surface area contributed by atoms with Crippen molar-refractivity contribution in [3.8, 4) is 0 Å². The summed E-state index contributed by atoms with van der Waals surface area (Å²) < 4.78 is 0. The molecule has 1 saturated heterocycles. The highest BCUT2D eigenvalue weighted by molar-refractivity contribution is 4.87. The average Bonchev–Trinajstić information content (AvgIpc) is 2.31. The van der Waals surface area contributed by atoms with Crippen LogP contribution in [0.4, 0.5) is 0 Å². The van der Waals surface area contributed by atoms with Gasteiger partial charge in [-0.2, -0.15) is 0 Å². The first-order chi connectivity index (χ1) is 7.77. The van der Waals surface area contributed by atoms with E-state index in [1.165, 1.54) is 51.6 Å². The van der Waals surface area contributed by atoms with Crippen LogP contribution in [-0.4, -0.2) is 25.2 Å². The molecular formula is C14H28N2. The van der Waals surface area contributed by atoms with E-state index >= 15 is 0 Å². The zero-order valence-corrected chi connectivity index (χ0v) is 11.0. The fourth-order valence-corrected chi connectivity index (χ4v) is 3.46. The van der Waals surface area contributed by atoms with E-state index in [9.17, 15) is 0 Å². The highest BCUT2D eigenvalue weighted by Crippen LogP contribution is 2.30. The summed E-state index contributed by atoms with van der Waals surface area (Å²) in [7, 11) is 0. The summed E-state index contributed by atoms with van der Waals surface area (Å²) in [5, 5.41) is 7.43. The van der Waals surface area contributed by atoms with Gasteiger partial charge in [-0.25, -0.2) is 0 Å². The monoisotopic (exact) mass is 224 g/mol. The maximum Gasteiger partial charge on any atom is 0.0195 e. The third kappa shape index (κ3) is 3.21. The Bertz CT molecular complexity index is 197. The van der Waals surface area contributed by atoms with Crippen LogP contribution in [0.1, 0.15) is 52.4 Å². The Morgan fingerprint density at radius 2 is 1.88 bits per heavy atom.